The largest absolute Gasteiger partial charge is 0.353 e. The van der Waals surface area contributed by atoms with Gasteiger partial charge in [-0.15, -0.1) is 0 Å². The molecule has 1 unspecified atom stereocenters. The fourth-order valence-corrected chi connectivity index (χ4v) is 5.33. The molecule has 1 atom stereocenters. The minimum absolute atomic E-state index is 0.0219. The first-order valence-corrected chi connectivity index (χ1v) is 12.4. The summed E-state index contributed by atoms with van der Waals surface area (Å²) >= 11 is 0. The Morgan fingerprint density at radius 1 is 1.00 bits per heavy atom. The van der Waals surface area contributed by atoms with Crippen molar-refractivity contribution in [3.8, 4) is 0 Å². The summed E-state index contributed by atoms with van der Waals surface area (Å²) in [6.07, 6.45) is 4.26. The van der Waals surface area contributed by atoms with Crippen LogP contribution in [0.15, 0.2) is 85.1 Å². The van der Waals surface area contributed by atoms with Gasteiger partial charge in [0, 0.05) is 62.2 Å². The van der Waals surface area contributed by atoms with Gasteiger partial charge in [-0.25, -0.2) is 4.39 Å². The SMILES string of the molecule is Cn1cc(C(CC(=O)NC2CCN(Cc3ccccc3)CC2)c2cccc(F)c2)c2ccccc21. The molecule has 0 aliphatic carbocycles. The number of carbonyl (C=O) groups is 1. The summed E-state index contributed by atoms with van der Waals surface area (Å²) in [6.45, 7) is 2.89. The van der Waals surface area contributed by atoms with Crippen molar-refractivity contribution in [2.75, 3.05) is 13.1 Å². The molecular weight excluding hydrogens is 437 g/mol. The molecule has 1 aliphatic rings. The van der Waals surface area contributed by atoms with Crippen LogP contribution >= 0.6 is 0 Å². The van der Waals surface area contributed by atoms with Gasteiger partial charge < -0.3 is 9.88 Å². The van der Waals surface area contributed by atoms with E-state index in [9.17, 15) is 9.18 Å². The fraction of sp³-hybridized carbons (Fsp3) is 0.300. The first-order valence-electron chi connectivity index (χ1n) is 12.4. The van der Waals surface area contributed by atoms with Crippen LogP contribution in [0.4, 0.5) is 4.39 Å². The number of aromatic nitrogens is 1. The van der Waals surface area contributed by atoms with Crippen molar-refractivity contribution in [2.45, 2.75) is 37.8 Å². The zero-order valence-corrected chi connectivity index (χ0v) is 20.2. The van der Waals surface area contributed by atoms with Gasteiger partial charge in [0.2, 0.25) is 5.91 Å². The molecule has 5 rings (SSSR count). The molecule has 1 N–H and O–H groups in total. The topological polar surface area (TPSA) is 37.3 Å². The van der Waals surface area contributed by atoms with Gasteiger partial charge in [-0.05, 0) is 47.7 Å². The molecule has 1 aliphatic heterocycles. The van der Waals surface area contributed by atoms with E-state index >= 15 is 0 Å². The van der Waals surface area contributed by atoms with Crippen molar-refractivity contribution in [1.82, 2.24) is 14.8 Å². The van der Waals surface area contributed by atoms with Crippen LogP contribution < -0.4 is 5.32 Å². The Morgan fingerprint density at radius 3 is 2.51 bits per heavy atom. The standard InChI is InChI=1S/C30H32FN3O/c1-33-21-28(26-12-5-6-13-29(26)33)27(23-10-7-11-24(31)18-23)19-30(35)32-25-14-16-34(17-15-25)20-22-8-3-2-4-9-22/h2-13,18,21,25,27H,14-17,19-20H2,1H3,(H,32,35). The Bertz CT molecular complexity index is 1290. The van der Waals surface area contributed by atoms with Crippen molar-refractivity contribution in [1.29, 1.82) is 0 Å². The summed E-state index contributed by atoms with van der Waals surface area (Å²) in [5.41, 5.74) is 4.31. The van der Waals surface area contributed by atoms with Crippen LogP contribution in [0.5, 0.6) is 0 Å². The van der Waals surface area contributed by atoms with E-state index in [1.165, 1.54) is 11.6 Å². The number of para-hydroxylation sites is 1. The molecule has 1 fully saturated rings. The maximum absolute atomic E-state index is 14.2. The second-order valence-electron chi connectivity index (χ2n) is 9.63. The molecule has 1 saturated heterocycles. The number of carbonyl (C=O) groups excluding carboxylic acids is 1. The quantitative estimate of drug-likeness (QED) is 0.381. The summed E-state index contributed by atoms with van der Waals surface area (Å²) < 4.78 is 16.2. The van der Waals surface area contributed by atoms with Gasteiger partial charge in [-0.3, -0.25) is 9.69 Å². The van der Waals surface area contributed by atoms with E-state index < -0.39 is 0 Å². The Labute approximate surface area is 206 Å². The Hall–Kier alpha value is -3.44. The Morgan fingerprint density at radius 2 is 1.74 bits per heavy atom. The molecule has 0 radical (unpaired) electrons. The highest BCUT2D eigenvalue weighted by atomic mass is 19.1. The van der Waals surface area contributed by atoms with Crippen LogP contribution in [0, 0.1) is 5.82 Å². The molecule has 0 saturated carbocycles. The number of amides is 1. The predicted octanol–water partition coefficient (Wildman–Crippen LogP) is 5.62. The fourth-order valence-electron chi connectivity index (χ4n) is 5.33. The lowest BCUT2D eigenvalue weighted by Gasteiger charge is -2.32. The van der Waals surface area contributed by atoms with Gasteiger partial charge >= 0.3 is 0 Å². The molecule has 4 nitrogen and oxygen atoms in total. The third kappa shape index (κ3) is 5.46. The number of hydrogen-bond acceptors (Lipinski definition) is 2. The molecule has 1 amide bonds. The second-order valence-corrected chi connectivity index (χ2v) is 9.63. The Balaban J connectivity index is 1.28. The van der Waals surface area contributed by atoms with Crippen LogP contribution in [0.3, 0.4) is 0 Å². The van der Waals surface area contributed by atoms with Gasteiger partial charge in [0.1, 0.15) is 5.82 Å². The van der Waals surface area contributed by atoms with E-state index in [-0.39, 0.29) is 23.7 Å². The van der Waals surface area contributed by atoms with Crippen molar-refractivity contribution < 1.29 is 9.18 Å². The van der Waals surface area contributed by atoms with E-state index in [1.807, 2.05) is 31.3 Å². The molecule has 35 heavy (non-hydrogen) atoms. The number of nitrogens with zero attached hydrogens (tertiary/aromatic N) is 2. The lowest BCUT2D eigenvalue weighted by Crippen LogP contribution is -2.44. The number of hydrogen-bond donors (Lipinski definition) is 1. The highest BCUT2D eigenvalue weighted by molar-refractivity contribution is 5.86. The highest BCUT2D eigenvalue weighted by Crippen LogP contribution is 2.34. The number of piperidine rings is 1. The van der Waals surface area contributed by atoms with Crippen LogP contribution in [0.25, 0.3) is 10.9 Å². The lowest BCUT2D eigenvalue weighted by molar-refractivity contribution is -0.122. The van der Waals surface area contributed by atoms with Gasteiger partial charge in [0.25, 0.3) is 0 Å². The van der Waals surface area contributed by atoms with Crippen molar-refractivity contribution in [3.05, 3.63) is 108 Å². The van der Waals surface area contributed by atoms with E-state index in [0.29, 0.717) is 6.42 Å². The van der Waals surface area contributed by atoms with Crippen molar-refractivity contribution in [2.24, 2.45) is 7.05 Å². The monoisotopic (exact) mass is 469 g/mol. The normalized spacial score (nSPS) is 15.8. The molecule has 2 heterocycles. The van der Waals surface area contributed by atoms with Gasteiger partial charge in [0.15, 0.2) is 0 Å². The maximum Gasteiger partial charge on any atom is 0.221 e. The Kier molecular flexibility index (Phi) is 6.96. The molecule has 4 aromatic rings. The number of benzene rings is 3. The van der Waals surface area contributed by atoms with E-state index in [0.717, 1.165) is 54.5 Å². The third-order valence-corrected chi connectivity index (χ3v) is 7.15. The van der Waals surface area contributed by atoms with E-state index in [4.69, 9.17) is 0 Å². The van der Waals surface area contributed by atoms with Crippen LogP contribution in [0.2, 0.25) is 0 Å². The number of rotatable bonds is 7. The van der Waals surface area contributed by atoms with Gasteiger partial charge in [-0.1, -0.05) is 60.7 Å². The summed E-state index contributed by atoms with van der Waals surface area (Å²) in [4.78, 5) is 15.7. The lowest BCUT2D eigenvalue weighted by atomic mass is 9.87. The van der Waals surface area contributed by atoms with Crippen molar-refractivity contribution in [3.63, 3.8) is 0 Å². The van der Waals surface area contributed by atoms with Gasteiger partial charge in [-0.2, -0.15) is 0 Å². The predicted molar refractivity (Wildman–Crippen MR) is 139 cm³/mol. The molecule has 0 bridgehead atoms. The zero-order valence-electron chi connectivity index (χ0n) is 20.2. The molecule has 1 aromatic heterocycles. The maximum atomic E-state index is 14.2. The smallest absolute Gasteiger partial charge is 0.221 e. The third-order valence-electron chi connectivity index (χ3n) is 7.15. The molecule has 3 aromatic carbocycles. The molecule has 180 valence electrons. The van der Waals surface area contributed by atoms with Crippen LogP contribution in [0.1, 0.15) is 41.9 Å². The first kappa shape index (κ1) is 23.3. The van der Waals surface area contributed by atoms with E-state index in [1.54, 1.807) is 12.1 Å². The number of aryl methyl sites for hydroxylation is 1. The molecular formula is C30H32FN3O. The van der Waals surface area contributed by atoms with Crippen LogP contribution in [-0.2, 0) is 18.4 Å². The average Bonchev–Trinajstić information content (AvgIpc) is 3.21. The average molecular weight is 470 g/mol. The summed E-state index contributed by atoms with van der Waals surface area (Å²) in [5.74, 6) is -0.470. The van der Waals surface area contributed by atoms with Gasteiger partial charge in [0.05, 0.1) is 0 Å². The minimum atomic E-state index is -0.279. The highest BCUT2D eigenvalue weighted by Gasteiger charge is 2.25. The first-order chi connectivity index (χ1) is 17.1. The second kappa shape index (κ2) is 10.4. The number of halogens is 1. The summed E-state index contributed by atoms with van der Waals surface area (Å²) in [5, 5.41) is 4.38. The number of fused-ring (bicyclic) bond motifs is 1. The number of nitrogens with one attached hydrogen (secondary N) is 1. The van der Waals surface area contributed by atoms with Crippen LogP contribution in [-0.4, -0.2) is 34.5 Å². The minimum Gasteiger partial charge on any atom is -0.353 e. The zero-order chi connectivity index (χ0) is 24.2. The van der Waals surface area contributed by atoms with E-state index in [2.05, 4.69) is 57.4 Å². The summed E-state index contributed by atoms with van der Waals surface area (Å²) in [7, 11) is 2.01. The molecule has 0 spiro atoms. The molecule has 5 heteroatoms. The summed E-state index contributed by atoms with van der Waals surface area (Å²) in [6, 6.07) is 25.5. The number of likely N-dealkylation sites (tertiary alicyclic amines) is 1. The van der Waals surface area contributed by atoms with Crippen molar-refractivity contribution >= 4 is 16.8 Å².